The van der Waals surface area contributed by atoms with Crippen LogP contribution in [-0.2, 0) is 9.30 Å². The first kappa shape index (κ1) is 21.5. The monoisotopic (exact) mass is 474 g/mol. The summed E-state index contributed by atoms with van der Waals surface area (Å²) >= 11 is 6.18. The maximum atomic E-state index is 11.2. The number of fused-ring (bicyclic) bond motifs is 1. The zero-order chi connectivity index (χ0) is 22.1. The molecule has 0 amide bonds. The van der Waals surface area contributed by atoms with Gasteiger partial charge in [0.15, 0.2) is 23.2 Å². The topological polar surface area (TPSA) is 157 Å². The Hall–Kier alpha value is -1.37. The molecule has 0 saturated carbocycles. The Bertz CT molecular complexity index is 1050. The average Bonchev–Trinajstić information content (AvgIpc) is 3.16. The largest absolute Gasteiger partial charge is 0.388 e. The van der Waals surface area contributed by atoms with Crippen LogP contribution in [0.3, 0.4) is 0 Å². The van der Waals surface area contributed by atoms with Crippen LogP contribution in [0.1, 0.15) is 12.6 Å². The molecule has 4 N–H and O–H groups in total. The zero-order valence-corrected chi connectivity index (χ0v) is 18.4. The summed E-state index contributed by atoms with van der Waals surface area (Å²) in [5, 5.41) is 20.9. The molecule has 4 unspecified atom stereocenters. The quantitative estimate of drug-likeness (QED) is 0.324. The number of anilines is 1. The SMILES string of the molecule is CN1CC2(C1)CN(c1nc(Cl)nc3c1ncn3C1OC(CCP(=O)(O)O)C(O)C1O)C2. The number of likely N-dealkylation sites (tertiary alicyclic amines) is 1. The van der Waals surface area contributed by atoms with E-state index in [1.165, 1.54) is 10.9 Å². The molecule has 0 bridgehead atoms. The zero-order valence-electron chi connectivity index (χ0n) is 16.7. The van der Waals surface area contributed by atoms with Crippen LogP contribution in [0, 0.1) is 5.41 Å². The van der Waals surface area contributed by atoms with Crippen molar-refractivity contribution in [3.63, 3.8) is 0 Å². The number of hydrogen-bond donors (Lipinski definition) is 4. The van der Waals surface area contributed by atoms with Gasteiger partial charge in [-0.15, -0.1) is 0 Å². The molecule has 2 aromatic heterocycles. The summed E-state index contributed by atoms with van der Waals surface area (Å²) < 4.78 is 18.4. The van der Waals surface area contributed by atoms with Gasteiger partial charge in [-0.2, -0.15) is 9.97 Å². The highest BCUT2D eigenvalue weighted by atomic mass is 35.5. The van der Waals surface area contributed by atoms with Crippen molar-refractivity contribution in [3.8, 4) is 0 Å². The van der Waals surface area contributed by atoms with Gasteiger partial charge in [0.05, 0.1) is 18.6 Å². The second-order valence-electron chi connectivity index (χ2n) is 8.89. The Kier molecular flexibility index (Phi) is 5.07. The number of aromatic nitrogens is 4. The van der Waals surface area contributed by atoms with Crippen LogP contribution < -0.4 is 4.90 Å². The number of nitrogens with zero attached hydrogens (tertiary/aromatic N) is 6. The van der Waals surface area contributed by atoms with Crippen LogP contribution in [0.4, 0.5) is 5.82 Å². The van der Waals surface area contributed by atoms with Crippen molar-refractivity contribution in [2.24, 2.45) is 5.41 Å². The molecule has 0 aromatic carbocycles. The predicted molar refractivity (Wildman–Crippen MR) is 110 cm³/mol. The third-order valence-electron chi connectivity index (χ3n) is 6.25. The van der Waals surface area contributed by atoms with Crippen molar-refractivity contribution in [3.05, 3.63) is 11.6 Å². The number of hydrogen-bond acceptors (Lipinski definition) is 9. The third kappa shape index (κ3) is 3.75. The molecule has 0 radical (unpaired) electrons. The minimum Gasteiger partial charge on any atom is -0.388 e. The molecule has 3 aliphatic heterocycles. The summed E-state index contributed by atoms with van der Waals surface area (Å²) in [5.41, 5.74) is 1.14. The van der Waals surface area contributed by atoms with Gasteiger partial charge in [0.1, 0.15) is 12.2 Å². The minimum atomic E-state index is -4.26. The Morgan fingerprint density at radius 3 is 2.58 bits per heavy atom. The van der Waals surface area contributed by atoms with Gasteiger partial charge >= 0.3 is 7.60 Å². The third-order valence-corrected chi connectivity index (χ3v) is 7.26. The number of aliphatic hydroxyl groups excluding tert-OH is 2. The van der Waals surface area contributed by atoms with Crippen molar-refractivity contribution in [2.75, 3.05) is 44.3 Å². The van der Waals surface area contributed by atoms with Gasteiger partial charge in [-0.25, -0.2) is 4.98 Å². The molecule has 170 valence electrons. The molecular weight excluding hydrogens is 451 g/mol. The van der Waals surface area contributed by atoms with E-state index in [2.05, 4.69) is 31.8 Å². The molecule has 5 heterocycles. The fraction of sp³-hybridized carbons (Fsp3) is 0.706. The van der Waals surface area contributed by atoms with Gasteiger partial charge in [0, 0.05) is 31.6 Å². The van der Waals surface area contributed by atoms with Crippen LogP contribution >= 0.6 is 19.2 Å². The highest BCUT2D eigenvalue weighted by Crippen LogP contribution is 2.43. The van der Waals surface area contributed by atoms with E-state index in [0.717, 1.165) is 26.2 Å². The number of rotatable bonds is 5. The maximum absolute atomic E-state index is 11.2. The first-order chi connectivity index (χ1) is 14.6. The lowest BCUT2D eigenvalue weighted by Gasteiger charge is -2.59. The summed E-state index contributed by atoms with van der Waals surface area (Å²) in [5.74, 6) is 0.611. The number of ether oxygens (including phenoxy) is 1. The first-order valence-electron chi connectivity index (χ1n) is 9.95. The van der Waals surface area contributed by atoms with E-state index in [0.29, 0.717) is 17.0 Å². The summed E-state index contributed by atoms with van der Waals surface area (Å²) in [6.07, 6.45) is -3.71. The van der Waals surface area contributed by atoms with E-state index in [9.17, 15) is 14.8 Å². The van der Waals surface area contributed by atoms with E-state index in [-0.39, 0.29) is 17.1 Å². The van der Waals surface area contributed by atoms with Crippen molar-refractivity contribution in [1.29, 1.82) is 0 Å². The summed E-state index contributed by atoms with van der Waals surface area (Å²) in [7, 11) is -2.17. The van der Waals surface area contributed by atoms with E-state index in [1.54, 1.807) is 0 Å². The van der Waals surface area contributed by atoms with Crippen LogP contribution in [0.2, 0.25) is 5.28 Å². The molecule has 3 aliphatic rings. The van der Waals surface area contributed by atoms with Crippen LogP contribution in [0.15, 0.2) is 6.33 Å². The number of halogens is 1. The second-order valence-corrected chi connectivity index (χ2v) is 11.0. The van der Waals surface area contributed by atoms with Crippen molar-refractivity contribution in [1.82, 2.24) is 24.4 Å². The summed E-state index contributed by atoms with van der Waals surface area (Å²) in [6, 6.07) is 0. The summed E-state index contributed by atoms with van der Waals surface area (Å²) in [4.78, 5) is 35.6. The average molecular weight is 475 g/mol. The lowest BCUT2D eigenvalue weighted by molar-refractivity contribution is -0.0356. The lowest BCUT2D eigenvalue weighted by Crippen LogP contribution is -2.71. The lowest BCUT2D eigenvalue weighted by atomic mass is 9.73. The maximum Gasteiger partial charge on any atom is 0.325 e. The Morgan fingerprint density at radius 1 is 1.23 bits per heavy atom. The molecule has 0 aliphatic carbocycles. The minimum absolute atomic E-state index is 0.0296. The van der Waals surface area contributed by atoms with Crippen LogP contribution in [0.25, 0.3) is 11.2 Å². The van der Waals surface area contributed by atoms with Gasteiger partial charge in [0.25, 0.3) is 0 Å². The van der Waals surface area contributed by atoms with E-state index in [1.807, 2.05) is 0 Å². The standard InChI is InChI=1S/C17H24ClN6O6P/c1-22-4-17(5-22)6-23(7-17)13-10-14(21-16(18)20-13)24(8-19-10)15-12(26)11(25)9(30-15)2-3-31(27,28)29/h8-9,11-12,15,25-26H,2-7H2,1H3,(H2,27,28,29). The van der Waals surface area contributed by atoms with Crippen molar-refractivity contribution >= 4 is 36.2 Å². The predicted octanol–water partition coefficient (Wildman–Crippen LogP) is -0.582. The highest BCUT2D eigenvalue weighted by Gasteiger charge is 2.51. The Labute approximate surface area is 182 Å². The Balaban J connectivity index is 1.40. The fourth-order valence-electron chi connectivity index (χ4n) is 4.99. The molecule has 2 aromatic rings. The fourth-order valence-corrected chi connectivity index (χ4v) is 5.74. The molecule has 4 atom stereocenters. The van der Waals surface area contributed by atoms with E-state index < -0.39 is 38.3 Å². The number of imidazole rings is 1. The van der Waals surface area contributed by atoms with Gasteiger partial charge in [-0.1, -0.05) is 0 Å². The molecule has 3 fully saturated rings. The molecule has 31 heavy (non-hydrogen) atoms. The smallest absolute Gasteiger partial charge is 0.325 e. The van der Waals surface area contributed by atoms with Crippen molar-refractivity contribution in [2.45, 2.75) is 31.0 Å². The van der Waals surface area contributed by atoms with Gasteiger partial charge in [0.2, 0.25) is 5.28 Å². The molecular formula is C17H24ClN6O6P. The second kappa shape index (κ2) is 7.32. The van der Waals surface area contributed by atoms with Crippen LogP contribution in [-0.4, -0.2) is 102 Å². The number of aliphatic hydroxyl groups is 2. The molecule has 1 spiro atoms. The highest BCUT2D eigenvalue weighted by molar-refractivity contribution is 7.51. The molecule has 14 heteroatoms. The normalized spacial score (nSPS) is 30.7. The van der Waals surface area contributed by atoms with Gasteiger partial charge in [-0.3, -0.25) is 9.13 Å². The summed E-state index contributed by atoms with van der Waals surface area (Å²) in [6.45, 7) is 3.77. The van der Waals surface area contributed by atoms with E-state index >= 15 is 0 Å². The molecule has 5 rings (SSSR count). The van der Waals surface area contributed by atoms with Crippen LogP contribution in [0.5, 0.6) is 0 Å². The molecule has 12 nitrogen and oxygen atoms in total. The molecule has 3 saturated heterocycles. The van der Waals surface area contributed by atoms with E-state index in [4.69, 9.17) is 26.1 Å². The van der Waals surface area contributed by atoms with Gasteiger partial charge < -0.3 is 34.5 Å². The van der Waals surface area contributed by atoms with Crippen molar-refractivity contribution < 1.29 is 29.3 Å². The Morgan fingerprint density at radius 2 is 1.94 bits per heavy atom. The van der Waals surface area contributed by atoms with Gasteiger partial charge in [-0.05, 0) is 25.1 Å². The first-order valence-corrected chi connectivity index (χ1v) is 12.1.